The van der Waals surface area contributed by atoms with E-state index in [2.05, 4.69) is 26.0 Å². The summed E-state index contributed by atoms with van der Waals surface area (Å²) in [6, 6.07) is 26.5. The van der Waals surface area contributed by atoms with Gasteiger partial charge in [-0.2, -0.15) is 0 Å². The number of phenols is 1. The van der Waals surface area contributed by atoms with Crippen LogP contribution in [0.25, 0.3) is 11.6 Å². The molecule has 7 heteroatoms. The lowest BCUT2D eigenvalue weighted by Gasteiger charge is -2.44. The lowest BCUT2D eigenvalue weighted by molar-refractivity contribution is -0.122. The van der Waals surface area contributed by atoms with E-state index in [0.717, 1.165) is 22.3 Å². The molecule has 6 rings (SSSR count). The van der Waals surface area contributed by atoms with Crippen LogP contribution in [-0.2, 0) is 14.2 Å². The topological polar surface area (TPSA) is 87.1 Å². The molecule has 0 unspecified atom stereocenters. The van der Waals surface area contributed by atoms with E-state index in [1.807, 2.05) is 54.6 Å². The molecular formula is C35H36BNO5. The maximum absolute atomic E-state index is 13.9. The molecule has 214 valence electrons. The monoisotopic (exact) mass is 561 g/mol. The molecule has 0 bridgehead atoms. The second kappa shape index (κ2) is 11.7. The Morgan fingerprint density at radius 3 is 2.31 bits per heavy atom. The molecule has 2 N–H and O–H groups in total. The average Bonchev–Trinajstić information content (AvgIpc) is 3.25. The number of anilines is 1. The minimum absolute atomic E-state index is 0.150. The SMILES string of the molecule is CC(C)C1=C2[C@@H](CC/C(=C/c3ccccc3O)c3ccccc3)OB(O)C[C@@H]2[C@@H]2C(=O)N(c3ccccc3)C(=O)[C@@H]2C1. The second-order valence-corrected chi connectivity index (χ2v) is 11.9. The summed E-state index contributed by atoms with van der Waals surface area (Å²) in [7, 11) is -1.02. The van der Waals surface area contributed by atoms with Crippen molar-refractivity contribution in [3.63, 3.8) is 0 Å². The summed E-state index contributed by atoms with van der Waals surface area (Å²) in [6.07, 6.45) is 3.67. The Labute approximate surface area is 247 Å². The molecule has 42 heavy (non-hydrogen) atoms. The van der Waals surface area contributed by atoms with Gasteiger partial charge in [0.1, 0.15) is 5.75 Å². The number of phenolic OH excluding ortho intramolecular Hbond substituents is 1. The Morgan fingerprint density at radius 2 is 1.62 bits per heavy atom. The first kappa shape index (κ1) is 28.2. The highest BCUT2D eigenvalue weighted by atomic mass is 16.5. The summed E-state index contributed by atoms with van der Waals surface area (Å²) >= 11 is 0. The van der Waals surface area contributed by atoms with Gasteiger partial charge >= 0.3 is 7.12 Å². The summed E-state index contributed by atoms with van der Waals surface area (Å²) in [5.41, 5.74) is 5.67. The van der Waals surface area contributed by atoms with Gasteiger partial charge in [0, 0.05) is 5.56 Å². The van der Waals surface area contributed by atoms with Crippen LogP contribution in [0, 0.1) is 23.7 Å². The fraction of sp³-hybridized carbons (Fsp3) is 0.314. The van der Waals surface area contributed by atoms with Crippen LogP contribution < -0.4 is 4.90 Å². The van der Waals surface area contributed by atoms with E-state index < -0.39 is 19.0 Å². The van der Waals surface area contributed by atoms with Crippen molar-refractivity contribution in [2.45, 2.75) is 45.5 Å². The van der Waals surface area contributed by atoms with Gasteiger partial charge in [-0.25, -0.2) is 0 Å². The van der Waals surface area contributed by atoms with E-state index in [1.54, 1.807) is 24.3 Å². The molecule has 4 atom stereocenters. The van der Waals surface area contributed by atoms with Crippen molar-refractivity contribution in [2.24, 2.45) is 23.7 Å². The van der Waals surface area contributed by atoms with Crippen molar-refractivity contribution in [2.75, 3.05) is 4.90 Å². The number of amides is 2. The number of rotatable bonds is 7. The molecule has 3 aromatic rings. The van der Waals surface area contributed by atoms with Crippen LogP contribution in [0.5, 0.6) is 5.75 Å². The molecule has 2 fully saturated rings. The number of benzene rings is 3. The Morgan fingerprint density at radius 1 is 0.952 bits per heavy atom. The van der Waals surface area contributed by atoms with Crippen LogP contribution >= 0.6 is 0 Å². The normalized spacial score (nSPS) is 24.3. The van der Waals surface area contributed by atoms with E-state index in [1.165, 1.54) is 10.5 Å². The van der Waals surface area contributed by atoms with Crippen LogP contribution in [-0.4, -0.2) is 35.2 Å². The summed E-state index contributed by atoms with van der Waals surface area (Å²) in [4.78, 5) is 29.0. The minimum atomic E-state index is -1.02. The average molecular weight is 561 g/mol. The van der Waals surface area contributed by atoms with Crippen LogP contribution in [0.1, 0.15) is 44.2 Å². The smallest absolute Gasteiger partial charge is 0.455 e. The van der Waals surface area contributed by atoms with E-state index in [-0.39, 0.29) is 35.5 Å². The molecule has 0 spiro atoms. The predicted molar refractivity (Wildman–Crippen MR) is 165 cm³/mol. The zero-order valence-electron chi connectivity index (χ0n) is 24.0. The zero-order valence-corrected chi connectivity index (χ0v) is 24.0. The fourth-order valence-electron chi connectivity index (χ4n) is 7.12. The third-order valence-corrected chi connectivity index (χ3v) is 9.04. The molecule has 2 heterocycles. The van der Waals surface area contributed by atoms with Crippen molar-refractivity contribution < 1.29 is 24.4 Å². The summed E-state index contributed by atoms with van der Waals surface area (Å²) in [6.45, 7) is 4.26. The van der Waals surface area contributed by atoms with E-state index in [0.29, 0.717) is 31.3 Å². The van der Waals surface area contributed by atoms with Crippen molar-refractivity contribution >= 4 is 36.3 Å². The highest BCUT2D eigenvalue weighted by Crippen LogP contribution is 2.52. The maximum Gasteiger partial charge on any atom is 0.455 e. The van der Waals surface area contributed by atoms with E-state index >= 15 is 0 Å². The number of imide groups is 1. The molecule has 1 aliphatic carbocycles. The van der Waals surface area contributed by atoms with Gasteiger partial charge in [0.05, 0.1) is 23.6 Å². The van der Waals surface area contributed by atoms with E-state index in [9.17, 15) is 19.7 Å². The molecule has 2 saturated heterocycles. The van der Waals surface area contributed by atoms with Gasteiger partial charge in [-0.15, -0.1) is 0 Å². The minimum Gasteiger partial charge on any atom is -0.507 e. The quantitative estimate of drug-likeness (QED) is 0.152. The second-order valence-electron chi connectivity index (χ2n) is 11.9. The van der Waals surface area contributed by atoms with Crippen LogP contribution in [0.15, 0.2) is 96.1 Å². The van der Waals surface area contributed by atoms with Gasteiger partial charge in [0.15, 0.2) is 0 Å². The Hall–Kier alpha value is -3.94. The van der Waals surface area contributed by atoms with Crippen LogP contribution in [0.3, 0.4) is 0 Å². The van der Waals surface area contributed by atoms with Gasteiger partial charge in [0.25, 0.3) is 0 Å². The van der Waals surface area contributed by atoms with Gasteiger partial charge in [-0.1, -0.05) is 86.2 Å². The van der Waals surface area contributed by atoms with Crippen molar-refractivity contribution in [1.82, 2.24) is 0 Å². The first-order valence-electron chi connectivity index (χ1n) is 14.9. The number of nitrogens with zero attached hydrogens (tertiary/aromatic N) is 1. The van der Waals surface area contributed by atoms with Gasteiger partial charge in [-0.3, -0.25) is 14.5 Å². The van der Waals surface area contributed by atoms with Gasteiger partial charge in [0.2, 0.25) is 11.8 Å². The highest BCUT2D eigenvalue weighted by Gasteiger charge is 2.57. The number of fused-ring (bicyclic) bond motifs is 3. The summed E-state index contributed by atoms with van der Waals surface area (Å²) in [5.74, 6) is -1.16. The third-order valence-electron chi connectivity index (χ3n) is 9.04. The lowest BCUT2D eigenvalue weighted by Crippen LogP contribution is -2.46. The van der Waals surface area contributed by atoms with Gasteiger partial charge < -0.3 is 14.8 Å². The first-order chi connectivity index (χ1) is 20.3. The Kier molecular flexibility index (Phi) is 7.89. The Bertz CT molecular complexity index is 1530. The highest BCUT2D eigenvalue weighted by molar-refractivity contribution is 6.43. The molecule has 0 aromatic heterocycles. The molecular weight excluding hydrogens is 525 g/mol. The van der Waals surface area contributed by atoms with E-state index in [4.69, 9.17) is 4.65 Å². The zero-order chi connectivity index (χ0) is 29.4. The number of hydrogen-bond donors (Lipinski definition) is 2. The fourth-order valence-corrected chi connectivity index (χ4v) is 7.12. The number of allylic oxidation sites excluding steroid dienone is 2. The number of carbonyl (C=O) groups excluding carboxylic acids is 2. The number of para-hydroxylation sites is 2. The third kappa shape index (κ3) is 5.23. The standard InChI is InChI=1S/C35H36BNO5/c1-22(2)27-20-28-33(35(40)37(34(28)39)26-14-7-4-8-15-26)29-21-36(41)42-31(32(27)29)18-17-24(23-11-5-3-6-12-23)19-25-13-9-10-16-30(25)38/h3-16,19,22,28-29,31,33,38,41H,17-18,20-21H2,1-2H3/b24-19-/t28-,29+,31-,33-/m1/s1. The summed E-state index contributed by atoms with van der Waals surface area (Å²) < 4.78 is 6.23. The predicted octanol–water partition coefficient (Wildman–Crippen LogP) is 6.37. The molecule has 2 amide bonds. The molecule has 0 saturated carbocycles. The van der Waals surface area contributed by atoms with Gasteiger partial charge in [-0.05, 0) is 78.4 Å². The molecule has 2 aliphatic heterocycles. The van der Waals surface area contributed by atoms with Crippen LogP contribution in [0.4, 0.5) is 5.69 Å². The maximum atomic E-state index is 13.9. The van der Waals surface area contributed by atoms with Crippen molar-refractivity contribution in [3.05, 3.63) is 107 Å². The number of carbonyl (C=O) groups is 2. The molecule has 3 aliphatic rings. The van der Waals surface area contributed by atoms with Crippen LogP contribution in [0.2, 0.25) is 6.32 Å². The molecule has 6 nitrogen and oxygen atoms in total. The first-order valence-corrected chi connectivity index (χ1v) is 14.9. The summed E-state index contributed by atoms with van der Waals surface area (Å²) in [5, 5.41) is 21.4. The Balaban J connectivity index is 1.34. The van der Waals surface area contributed by atoms with Crippen molar-refractivity contribution in [1.29, 1.82) is 0 Å². The number of aromatic hydroxyl groups is 1. The molecule has 3 aromatic carbocycles. The van der Waals surface area contributed by atoms with Crippen molar-refractivity contribution in [3.8, 4) is 5.75 Å². The largest absolute Gasteiger partial charge is 0.507 e. The molecule has 0 radical (unpaired) electrons. The number of hydrogen-bond acceptors (Lipinski definition) is 5. The lowest BCUT2D eigenvalue weighted by atomic mass is 9.57.